The van der Waals surface area contributed by atoms with Gasteiger partial charge in [0.15, 0.2) is 0 Å². The smallest absolute Gasteiger partial charge is 0.252 e. The quantitative estimate of drug-likeness (QED) is 0.888. The van der Waals surface area contributed by atoms with E-state index in [2.05, 4.69) is 15.2 Å². The predicted molar refractivity (Wildman–Crippen MR) is 76.3 cm³/mol. The van der Waals surface area contributed by atoms with E-state index in [0.29, 0.717) is 12.1 Å². The van der Waals surface area contributed by atoms with Crippen LogP contribution in [-0.4, -0.2) is 31.0 Å². The molecule has 0 unspecified atom stereocenters. The van der Waals surface area contributed by atoms with Gasteiger partial charge in [0.05, 0.1) is 5.56 Å². The molecule has 2 aromatic rings. The molecule has 0 saturated heterocycles. The summed E-state index contributed by atoms with van der Waals surface area (Å²) in [4.78, 5) is 17.8. The summed E-state index contributed by atoms with van der Waals surface area (Å²) in [5.41, 5.74) is 1.72. The minimum absolute atomic E-state index is 0.0884. The molecule has 1 N–H and O–H groups in total. The van der Waals surface area contributed by atoms with E-state index in [-0.39, 0.29) is 5.91 Å². The molecule has 0 atom stereocenters. The summed E-state index contributed by atoms with van der Waals surface area (Å²) in [6, 6.07) is 13.6. The van der Waals surface area contributed by atoms with Crippen LogP contribution in [0.5, 0.6) is 0 Å². The minimum atomic E-state index is -0.0884. The second-order valence-corrected chi connectivity index (χ2v) is 4.25. The molecule has 1 aromatic heterocycles. The number of para-hydroxylation sites is 1. The Morgan fingerprint density at radius 3 is 2.68 bits per heavy atom. The average molecular weight is 255 g/mol. The summed E-state index contributed by atoms with van der Waals surface area (Å²) in [6.07, 6.45) is 3.22. The van der Waals surface area contributed by atoms with Crippen molar-refractivity contribution in [1.82, 2.24) is 10.3 Å². The summed E-state index contributed by atoms with van der Waals surface area (Å²) < 4.78 is 0. The average Bonchev–Trinajstić information content (AvgIpc) is 2.49. The summed E-state index contributed by atoms with van der Waals surface area (Å²) in [5, 5.41) is 2.88. The number of nitrogens with zero attached hydrogens (tertiary/aromatic N) is 2. The van der Waals surface area contributed by atoms with Gasteiger partial charge in [0.2, 0.25) is 0 Å². The van der Waals surface area contributed by atoms with Gasteiger partial charge in [-0.3, -0.25) is 9.78 Å². The second-order valence-electron chi connectivity index (χ2n) is 4.25. The molecule has 0 aliphatic rings. The van der Waals surface area contributed by atoms with Crippen LogP contribution in [0.2, 0.25) is 0 Å². The molecule has 0 fully saturated rings. The molecule has 4 nitrogen and oxygen atoms in total. The normalized spacial score (nSPS) is 9.95. The van der Waals surface area contributed by atoms with Crippen molar-refractivity contribution in [2.45, 2.75) is 0 Å². The van der Waals surface area contributed by atoms with Crippen molar-refractivity contribution in [3.63, 3.8) is 0 Å². The van der Waals surface area contributed by atoms with E-state index in [4.69, 9.17) is 0 Å². The first-order valence-electron chi connectivity index (χ1n) is 6.22. The molecule has 0 spiro atoms. The molecule has 98 valence electrons. The lowest BCUT2D eigenvalue weighted by Gasteiger charge is -2.19. The number of rotatable bonds is 5. The summed E-state index contributed by atoms with van der Waals surface area (Å²) >= 11 is 0. The number of hydrogen-bond donors (Lipinski definition) is 1. The number of likely N-dealkylation sites (N-methyl/N-ethyl adjacent to an activating group) is 1. The number of aromatic nitrogens is 1. The maximum absolute atomic E-state index is 11.8. The molecule has 1 aromatic carbocycles. The van der Waals surface area contributed by atoms with E-state index in [1.165, 1.54) is 0 Å². The van der Waals surface area contributed by atoms with Crippen LogP contribution in [0.4, 0.5) is 5.69 Å². The van der Waals surface area contributed by atoms with E-state index < -0.39 is 0 Å². The Morgan fingerprint density at radius 1 is 1.21 bits per heavy atom. The molecular formula is C15H17N3O. The Balaban J connectivity index is 1.79. The van der Waals surface area contributed by atoms with Gasteiger partial charge in [-0.2, -0.15) is 0 Å². The second kappa shape index (κ2) is 6.54. The molecule has 0 radical (unpaired) electrons. The summed E-state index contributed by atoms with van der Waals surface area (Å²) in [5.74, 6) is -0.0884. The van der Waals surface area contributed by atoms with Crippen LogP contribution in [0.1, 0.15) is 10.4 Å². The Bertz CT molecular complexity index is 513. The van der Waals surface area contributed by atoms with Gasteiger partial charge in [-0.1, -0.05) is 18.2 Å². The van der Waals surface area contributed by atoms with Gasteiger partial charge < -0.3 is 10.2 Å². The number of carbonyl (C=O) groups is 1. The van der Waals surface area contributed by atoms with Crippen molar-refractivity contribution < 1.29 is 4.79 Å². The number of hydrogen-bond acceptors (Lipinski definition) is 3. The highest BCUT2D eigenvalue weighted by Crippen LogP contribution is 2.09. The highest BCUT2D eigenvalue weighted by atomic mass is 16.1. The summed E-state index contributed by atoms with van der Waals surface area (Å²) in [6.45, 7) is 1.36. The number of amides is 1. The van der Waals surface area contributed by atoms with Crippen molar-refractivity contribution in [2.75, 3.05) is 25.0 Å². The number of anilines is 1. The van der Waals surface area contributed by atoms with Crippen LogP contribution < -0.4 is 10.2 Å². The van der Waals surface area contributed by atoms with Crippen LogP contribution in [0.15, 0.2) is 54.9 Å². The standard InChI is InChI=1S/C15H17N3O/c1-18(14-7-3-2-4-8-14)11-10-17-15(19)13-6-5-9-16-12-13/h2-9,12H,10-11H2,1H3,(H,17,19). The molecule has 0 aliphatic heterocycles. The zero-order valence-corrected chi connectivity index (χ0v) is 10.9. The van der Waals surface area contributed by atoms with Crippen molar-refractivity contribution in [3.05, 3.63) is 60.4 Å². The van der Waals surface area contributed by atoms with E-state index in [1.807, 2.05) is 37.4 Å². The van der Waals surface area contributed by atoms with Crippen molar-refractivity contribution >= 4 is 11.6 Å². The Hall–Kier alpha value is -2.36. The maximum Gasteiger partial charge on any atom is 0.252 e. The highest BCUT2D eigenvalue weighted by molar-refractivity contribution is 5.93. The van der Waals surface area contributed by atoms with E-state index in [9.17, 15) is 4.79 Å². The van der Waals surface area contributed by atoms with E-state index >= 15 is 0 Å². The monoisotopic (exact) mass is 255 g/mol. The van der Waals surface area contributed by atoms with Gasteiger partial charge in [0.25, 0.3) is 5.91 Å². The van der Waals surface area contributed by atoms with Gasteiger partial charge >= 0.3 is 0 Å². The molecular weight excluding hydrogens is 238 g/mol. The highest BCUT2D eigenvalue weighted by Gasteiger charge is 2.05. The molecule has 19 heavy (non-hydrogen) atoms. The molecule has 4 heteroatoms. The van der Waals surface area contributed by atoms with Crippen molar-refractivity contribution in [2.24, 2.45) is 0 Å². The minimum Gasteiger partial charge on any atom is -0.373 e. The maximum atomic E-state index is 11.8. The van der Waals surface area contributed by atoms with Crippen LogP contribution in [0, 0.1) is 0 Å². The van der Waals surface area contributed by atoms with Gasteiger partial charge in [0.1, 0.15) is 0 Å². The predicted octanol–water partition coefficient (Wildman–Crippen LogP) is 1.95. The van der Waals surface area contributed by atoms with E-state index in [1.54, 1.807) is 24.5 Å². The first-order valence-corrected chi connectivity index (χ1v) is 6.22. The Labute approximate surface area is 113 Å². The fraction of sp³-hybridized carbons (Fsp3) is 0.200. The van der Waals surface area contributed by atoms with E-state index in [0.717, 1.165) is 12.2 Å². The van der Waals surface area contributed by atoms with Gasteiger partial charge in [-0.15, -0.1) is 0 Å². The molecule has 0 bridgehead atoms. The zero-order chi connectivity index (χ0) is 13.5. The zero-order valence-electron chi connectivity index (χ0n) is 10.9. The SMILES string of the molecule is CN(CCNC(=O)c1cccnc1)c1ccccc1. The number of pyridine rings is 1. The van der Waals surface area contributed by atoms with Crippen LogP contribution in [0.3, 0.4) is 0 Å². The number of carbonyl (C=O) groups excluding carboxylic acids is 1. The molecule has 2 rings (SSSR count). The fourth-order valence-corrected chi connectivity index (χ4v) is 1.75. The first-order chi connectivity index (χ1) is 9.27. The third-order valence-corrected chi connectivity index (χ3v) is 2.85. The largest absolute Gasteiger partial charge is 0.373 e. The van der Waals surface area contributed by atoms with Gasteiger partial charge in [-0.05, 0) is 24.3 Å². The lowest BCUT2D eigenvalue weighted by molar-refractivity contribution is 0.0954. The number of nitrogens with one attached hydrogen (secondary N) is 1. The Morgan fingerprint density at radius 2 is 2.00 bits per heavy atom. The van der Waals surface area contributed by atoms with Gasteiger partial charge in [0, 0.05) is 38.2 Å². The lowest BCUT2D eigenvalue weighted by atomic mass is 10.2. The van der Waals surface area contributed by atoms with Crippen LogP contribution >= 0.6 is 0 Å². The van der Waals surface area contributed by atoms with Crippen LogP contribution in [0.25, 0.3) is 0 Å². The van der Waals surface area contributed by atoms with Gasteiger partial charge in [-0.25, -0.2) is 0 Å². The topological polar surface area (TPSA) is 45.2 Å². The molecule has 1 amide bonds. The summed E-state index contributed by atoms with van der Waals surface area (Å²) in [7, 11) is 2.01. The van der Waals surface area contributed by atoms with Crippen molar-refractivity contribution in [1.29, 1.82) is 0 Å². The number of benzene rings is 1. The molecule has 1 heterocycles. The third kappa shape index (κ3) is 3.81. The lowest BCUT2D eigenvalue weighted by Crippen LogP contribution is -2.32. The van der Waals surface area contributed by atoms with Crippen LogP contribution in [-0.2, 0) is 0 Å². The fourth-order valence-electron chi connectivity index (χ4n) is 1.75. The molecule has 0 saturated carbocycles. The third-order valence-electron chi connectivity index (χ3n) is 2.85. The Kier molecular flexibility index (Phi) is 4.50. The first kappa shape index (κ1) is 13.1. The van der Waals surface area contributed by atoms with Crippen molar-refractivity contribution in [3.8, 4) is 0 Å². The molecule has 0 aliphatic carbocycles.